The van der Waals surface area contributed by atoms with Crippen LogP contribution in [0.15, 0.2) is 182 Å². The fourth-order valence-corrected chi connectivity index (χ4v) is 9.59. The minimum Gasteiger partial charge on any atom is -0.208 e. The third-order valence-electron chi connectivity index (χ3n) is 13.4. The lowest BCUT2D eigenvalue weighted by molar-refractivity contribution is 0.660. The molecule has 11 rings (SSSR count). The predicted molar refractivity (Wildman–Crippen MR) is 273 cm³/mol. The van der Waals surface area contributed by atoms with Crippen molar-refractivity contribution >= 4 is 0 Å². The monoisotopic (exact) mass is 864 g/mol. The fraction of sp³-hybridized carbons (Fsp3) is 0.115. The molecule has 8 aromatic carbocycles. The first-order valence-electron chi connectivity index (χ1n) is 22.9. The molecule has 6 heteroatoms. The number of aromatic nitrogens is 6. The summed E-state index contributed by atoms with van der Waals surface area (Å²) in [4.78, 5) is 30.5. The number of rotatable bonds is 8. The molecule has 0 unspecified atom stereocenters. The van der Waals surface area contributed by atoms with Gasteiger partial charge in [0.2, 0.25) is 0 Å². The molecule has 0 saturated heterocycles. The fourth-order valence-electron chi connectivity index (χ4n) is 9.59. The minimum atomic E-state index is -0.170. The maximum Gasteiger partial charge on any atom is 0.164 e. The van der Waals surface area contributed by atoms with Crippen molar-refractivity contribution in [2.45, 2.75) is 47.0 Å². The van der Waals surface area contributed by atoms with E-state index in [2.05, 4.69) is 175 Å². The molecular formula is C61H48N6. The molecule has 0 fully saturated rings. The summed E-state index contributed by atoms with van der Waals surface area (Å²) >= 11 is 0. The van der Waals surface area contributed by atoms with Crippen molar-refractivity contribution in [3.63, 3.8) is 0 Å². The van der Waals surface area contributed by atoms with Crippen molar-refractivity contribution in [2.24, 2.45) is 0 Å². The Morgan fingerprint density at radius 2 is 0.537 bits per heavy atom. The van der Waals surface area contributed by atoms with Gasteiger partial charge in [-0.2, -0.15) is 0 Å². The zero-order valence-electron chi connectivity index (χ0n) is 38.5. The van der Waals surface area contributed by atoms with E-state index in [1.54, 1.807) is 0 Å². The van der Waals surface area contributed by atoms with Crippen molar-refractivity contribution < 1.29 is 0 Å². The van der Waals surface area contributed by atoms with Crippen LogP contribution in [0.4, 0.5) is 0 Å². The minimum absolute atomic E-state index is 0.170. The van der Waals surface area contributed by atoms with Crippen LogP contribution in [0.2, 0.25) is 0 Å². The van der Waals surface area contributed by atoms with Crippen LogP contribution in [0.25, 0.3) is 102 Å². The Hall–Kier alpha value is -8.22. The van der Waals surface area contributed by atoms with E-state index in [1.165, 1.54) is 22.3 Å². The van der Waals surface area contributed by atoms with Crippen LogP contribution in [0.5, 0.6) is 0 Å². The van der Waals surface area contributed by atoms with Gasteiger partial charge < -0.3 is 0 Å². The Morgan fingerprint density at radius 1 is 0.254 bits per heavy atom. The average molecular weight is 865 g/mol. The van der Waals surface area contributed by atoms with Crippen LogP contribution < -0.4 is 0 Å². The molecule has 1 aliphatic rings. The summed E-state index contributed by atoms with van der Waals surface area (Å²) in [6, 6.07) is 64.1. The quantitative estimate of drug-likeness (QED) is 0.151. The van der Waals surface area contributed by atoms with E-state index in [1.807, 2.05) is 48.5 Å². The highest BCUT2D eigenvalue weighted by Crippen LogP contribution is 2.51. The average Bonchev–Trinajstić information content (AvgIpc) is 3.58. The molecule has 0 aliphatic heterocycles. The first-order chi connectivity index (χ1) is 32.6. The standard InChI is InChI=1S/C61H48N6/c1-37-17-7-11-25-47(37)57-62-55(63-58(66-57)48-26-12-8-18-38(48)2)45-23-15-21-41(33-45)43-29-31-53-51(35-43)52-36-44(30-32-54(52)61(53,5)6)42-22-16-24-46(34-42)56-64-59(49-27-13-9-19-39(49)3)67-60(65-56)50-28-14-10-20-40(50)4/h7-36H,1-6H3. The van der Waals surface area contributed by atoms with E-state index in [-0.39, 0.29) is 5.41 Å². The number of nitrogens with zero attached hydrogens (tertiary/aromatic N) is 6. The van der Waals surface area contributed by atoms with Gasteiger partial charge in [0, 0.05) is 38.8 Å². The second kappa shape index (κ2) is 16.6. The largest absolute Gasteiger partial charge is 0.208 e. The molecule has 0 atom stereocenters. The van der Waals surface area contributed by atoms with Gasteiger partial charge in [-0.05, 0) is 119 Å². The Bertz CT molecular complexity index is 3210. The van der Waals surface area contributed by atoms with E-state index in [9.17, 15) is 0 Å². The maximum atomic E-state index is 5.11. The molecule has 0 bridgehead atoms. The van der Waals surface area contributed by atoms with E-state index in [0.717, 1.165) is 77.9 Å². The summed E-state index contributed by atoms with van der Waals surface area (Å²) in [5.41, 5.74) is 19.7. The summed E-state index contributed by atoms with van der Waals surface area (Å²) in [5, 5.41) is 0. The topological polar surface area (TPSA) is 77.3 Å². The van der Waals surface area contributed by atoms with Crippen LogP contribution in [0.1, 0.15) is 47.2 Å². The summed E-state index contributed by atoms with van der Waals surface area (Å²) < 4.78 is 0. The molecular weight excluding hydrogens is 817 g/mol. The molecule has 2 aromatic heterocycles. The maximum absolute atomic E-state index is 5.11. The Labute approximate surface area is 392 Å². The highest BCUT2D eigenvalue weighted by atomic mass is 15.0. The molecule has 2 heterocycles. The van der Waals surface area contributed by atoms with Crippen molar-refractivity contribution in [2.75, 3.05) is 0 Å². The van der Waals surface area contributed by atoms with Crippen LogP contribution in [-0.2, 0) is 5.41 Å². The van der Waals surface area contributed by atoms with Crippen LogP contribution in [-0.4, -0.2) is 29.9 Å². The van der Waals surface area contributed by atoms with Gasteiger partial charge in [0.15, 0.2) is 34.9 Å². The second-order valence-corrected chi connectivity index (χ2v) is 18.2. The van der Waals surface area contributed by atoms with Gasteiger partial charge in [-0.1, -0.05) is 172 Å². The first kappa shape index (κ1) is 41.5. The molecule has 0 amide bonds. The van der Waals surface area contributed by atoms with Crippen molar-refractivity contribution in [3.05, 3.63) is 215 Å². The highest BCUT2D eigenvalue weighted by molar-refractivity contribution is 5.88. The molecule has 0 saturated carbocycles. The lowest BCUT2D eigenvalue weighted by atomic mass is 9.82. The molecule has 10 aromatic rings. The molecule has 0 spiro atoms. The Balaban J connectivity index is 0.976. The summed E-state index contributed by atoms with van der Waals surface area (Å²) in [6.45, 7) is 13.1. The van der Waals surface area contributed by atoms with Crippen molar-refractivity contribution in [1.82, 2.24) is 29.9 Å². The lowest BCUT2D eigenvalue weighted by Crippen LogP contribution is -2.14. The van der Waals surface area contributed by atoms with Crippen LogP contribution in [0, 0.1) is 27.7 Å². The van der Waals surface area contributed by atoms with Gasteiger partial charge >= 0.3 is 0 Å². The molecule has 322 valence electrons. The smallest absolute Gasteiger partial charge is 0.164 e. The van der Waals surface area contributed by atoms with E-state index in [0.29, 0.717) is 34.9 Å². The van der Waals surface area contributed by atoms with Gasteiger partial charge in [-0.3, -0.25) is 0 Å². The van der Waals surface area contributed by atoms with Gasteiger partial charge in [0.05, 0.1) is 0 Å². The highest BCUT2D eigenvalue weighted by Gasteiger charge is 2.36. The molecule has 1 aliphatic carbocycles. The van der Waals surface area contributed by atoms with Crippen LogP contribution in [0.3, 0.4) is 0 Å². The zero-order valence-corrected chi connectivity index (χ0v) is 38.5. The van der Waals surface area contributed by atoms with E-state index < -0.39 is 0 Å². The third kappa shape index (κ3) is 7.60. The Morgan fingerprint density at radius 3 is 0.866 bits per heavy atom. The Kier molecular flexibility index (Phi) is 10.3. The first-order valence-corrected chi connectivity index (χ1v) is 22.9. The number of benzene rings is 8. The molecule has 67 heavy (non-hydrogen) atoms. The summed E-state index contributed by atoms with van der Waals surface area (Å²) in [7, 11) is 0. The summed E-state index contributed by atoms with van der Waals surface area (Å²) in [6.07, 6.45) is 0. The third-order valence-corrected chi connectivity index (χ3v) is 13.4. The van der Waals surface area contributed by atoms with Gasteiger partial charge in [0.1, 0.15) is 0 Å². The molecule has 0 radical (unpaired) electrons. The summed E-state index contributed by atoms with van der Waals surface area (Å²) in [5.74, 6) is 3.94. The van der Waals surface area contributed by atoms with Crippen molar-refractivity contribution in [3.8, 4) is 102 Å². The zero-order chi connectivity index (χ0) is 45.8. The number of hydrogen-bond acceptors (Lipinski definition) is 6. The van der Waals surface area contributed by atoms with Gasteiger partial charge in [0.25, 0.3) is 0 Å². The van der Waals surface area contributed by atoms with Crippen LogP contribution >= 0.6 is 0 Å². The van der Waals surface area contributed by atoms with Gasteiger partial charge in [-0.15, -0.1) is 0 Å². The number of hydrogen-bond donors (Lipinski definition) is 0. The molecule has 6 nitrogen and oxygen atoms in total. The number of fused-ring (bicyclic) bond motifs is 3. The number of aryl methyl sites for hydroxylation is 4. The van der Waals surface area contributed by atoms with E-state index in [4.69, 9.17) is 29.9 Å². The molecule has 0 N–H and O–H groups in total. The SMILES string of the molecule is Cc1ccccc1-c1nc(-c2cccc(-c3ccc4c(c3)-c3cc(-c5cccc(-c6nc(-c7ccccc7C)nc(-c7ccccc7C)n6)c5)ccc3C4(C)C)c2)nc(-c2ccccc2C)n1. The van der Waals surface area contributed by atoms with Crippen molar-refractivity contribution in [1.29, 1.82) is 0 Å². The predicted octanol–water partition coefficient (Wildman–Crippen LogP) is 14.9. The normalized spacial score (nSPS) is 12.4. The van der Waals surface area contributed by atoms with Gasteiger partial charge in [-0.25, -0.2) is 29.9 Å². The second-order valence-electron chi connectivity index (χ2n) is 18.2. The lowest BCUT2D eigenvalue weighted by Gasteiger charge is -2.21. The van der Waals surface area contributed by atoms with E-state index >= 15 is 0 Å².